The molecule has 0 N–H and O–H groups in total. The fourth-order valence-electron chi connectivity index (χ4n) is 3.65. The van der Waals surface area contributed by atoms with Crippen molar-refractivity contribution in [3.05, 3.63) is 86.6 Å². The van der Waals surface area contributed by atoms with Crippen molar-refractivity contribution < 1.29 is 23.1 Å². The van der Waals surface area contributed by atoms with Gasteiger partial charge in [0.15, 0.2) is 5.76 Å². The third-order valence-electron chi connectivity index (χ3n) is 5.05. The van der Waals surface area contributed by atoms with Gasteiger partial charge < -0.3 is 18.3 Å². The Balaban J connectivity index is 1.76. The molecule has 4 aromatic rings. The van der Waals surface area contributed by atoms with E-state index in [2.05, 4.69) is 0 Å². The molecular formula is C24H16O7. The Morgan fingerprint density at radius 2 is 1.65 bits per heavy atom. The van der Waals surface area contributed by atoms with Crippen LogP contribution >= 0.6 is 0 Å². The number of hydrogen-bond donors (Lipinski definition) is 0. The fraction of sp³-hybridized carbons (Fsp3) is 0.125. The second-order valence-electron chi connectivity index (χ2n) is 7.28. The van der Waals surface area contributed by atoms with E-state index >= 15 is 0 Å². The van der Waals surface area contributed by atoms with Gasteiger partial charge in [-0.25, -0.2) is 9.59 Å². The SMILES string of the molecule is CC(=O)OC1Oc2ccc(C)cc2-c2oc(=O)c(-c3cc4ccccc4oc3=O)cc21. The first-order valence-corrected chi connectivity index (χ1v) is 9.57. The molecule has 31 heavy (non-hydrogen) atoms. The highest BCUT2D eigenvalue weighted by atomic mass is 16.7. The minimum absolute atomic E-state index is 0.00453. The van der Waals surface area contributed by atoms with Gasteiger partial charge in [0.25, 0.3) is 6.29 Å². The van der Waals surface area contributed by atoms with E-state index in [1.165, 1.54) is 13.0 Å². The number of para-hydroxylation sites is 1. The number of benzene rings is 2. The van der Waals surface area contributed by atoms with Gasteiger partial charge in [-0.05, 0) is 37.3 Å². The molecule has 2 aromatic heterocycles. The molecule has 1 aliphatic heterocycles. The number of hydrogen-bond acceptors (Lipinski definition) is 7. The van der Waals surface area contributed by atoms with Gasteiger partial charge in [0.2, 0.25) is 0 Å². The number of ether oxygens (including phenoxy) is 2. The van der Waals surface area contributed by atoms with E-state index < -0.39 is 23.5 Å². The molecule has 154 valence electrons. The number of carbonyl (C=O) groups excluding carboxylic acids is 1. The first-order valence-electron chi connectivity index (χ1n) is 9.57. The zero-order chi connectivity index (χ0) is 21.7. The molecule has 0 saturated carbocycles. The van der Waals surface area contributed by atoms with Gasteiger partial charge in [0.05, 0.1) is 22.3 Å². The predicted molar refractivity (Wildman–Crippen MR) is 112 cm³/mol. The average Bonchev–Trinajstić information content (AvgIpc) is 2.73. The summed E-state index contributed by atoms with van der Waals surface area (Å²) in [6.45, 7) is 3.15. The Kier molecular flexibility index (Phi) is 4.25. The summed E-state index contributed by atoms with van der Waals surface area (Å²) in [5, 5.41) is 0.656. The highest BCUT2D eigenvalue weighted by Gasteiger charge is 2.32. The van der Waals surface area contributed by atoms with E-state index in [0.717, 1.165) is 5.56 Å². The maximum absolute atomic E-state index is 12.9. The van der Waals surface area contributed by atoms with E-state index in [9.17, 15) is 14.4 Å². The molecule has 0 aliphatic carbocycles. The summed E-state index contributed by atoms with van der Waals surface area (Å²) >= 11 is 0. The summed E-state index contributed by atoms with van der Waals surface area (Å²) in [6, 6.07) is 15.4. The van der Waals surface area contributed by atoms with Crippen molar-refractivity contribution in [3.63, 3.8) is 0 Å². The predicted octanol–water partition coefficient (Wildman–Crippen LogP) is 4.34. The van der Waals surface area contributed by atoms with Crippen LogP contribution in [0, 0.1) is 6.92 Å². The van der Waals surface area contributed by atoms with E-state index in [4.69, 9.17) is 18.3 Å². The Labute approximate surface area is 175 Å². The lowest BCUT2D eigenvalue weighted by molar-refractivity contribution is -0.162. The normalized spacial score (nSPS) is 14.5. The summed E-state index contributed by atoms with van der Waals surface area (Å²) in [4.78, 5) is 37.2. The van der Waals surface area contributed by atoms with E-state index in [-0.39, 0.29) is 16.9 Å². The summed E-state index contributed by atoms with van der Waals surface area (Å²) in [5.74, 6) is 0.0880. The molecule has 0 spiro atoms. The molecule has 0 fully saturated rings. The van der Waals surface area contributed by atoms with Crippen LogP contribution in [0.25, 0.3) is 33.4 Å². The van der Waals surface area contributed by atoms with E-state index in [1.807, 2.05) is 19.1 Å². The Hall–Kier alpha value is -4.13. The van der Waals surface area contributed by atoms with Crippen LogP contribution < -0.4 is 16.0 Å². The van der Waals surface area contributed by atoms with Crippen LogP contribution in [0.1, 0.15) is 24.3 Å². The van der Waals surface area contributed by atoms with Crippen molar-refractivity contribution >= 4 is 16.9 Å². The first-order chi connectivity index (χ1) is 14.9. The molecule has 0 amide bonds. The third-order valence-corrected chi connectivity index (χ3v) is 5.05. The second kappa shape index (κ2) is 6.98. The minimum atomic E-state index is -1.13. The van der Waals surface area contributed by atoms with Gasteiger partial charge in [-0.3, -0.25) is 4.79 Å². The number of fused-ring (bicyclic) bond motifs is 4. The van der Waals surface area contributed by atoms with Gasteiger partial charge in [-0.1, -0.05) is 29.8 Å². The lowest BCUT2D eigenvalue weighted by Crippen LogP contribution is -2.22. The van der Waals surface area contributed by atoms with Crippen molar-refractivity contribution in [3.8, 4) is 28.2 Å². The number of carbonyl (C=O) groups is 1. The van der Waals surface area contributed by atoms with Crippen LogP contribution in [-0.2, 0) is 9.53 Å². The van der Waals surface area contributed by atoms with Gasteiger partial charge in [-0.2, -0.15) is 0 Å². The quantitative estimate of drug-likeness (QED) is 0.354. The molecule has 0 saturated heterocycles. The molecule has 1 atom stereocenters. The minimum Gasteiger partial charge on any atom is -0.450 e. The van der Waals surface area contributed by atoms with Crippen molar-refractivity contribution in [2.75, 3.05) is 0 Å². The van der Waals surface area contributed by atoms with Crippen molar-refractivity contribution in [2.45, 2.75) is 20.1 Å². The Morgan fingerprint density at radius 1 is 0.903 bits per heavy atom. The van der Waals surface area contributed by atoms with Gasteiger partial charge in [0, 0.05) is 12.3 Å². The van der Waals surface area contributed by atoms with Crippen LogP contribution in [0.15, 0.2) is 73.0 Å². The first kappa shape index (κ1) is 18.9. The second-order valence-corrected chi connectivity index (χ2v) is 7.28. The van der Waals surface area contributed by atoms with Crippen molar-refractivity contribution in [1.82, 2.24) is 0 Å². The molecule has 7 nitrogen and oxygen atoms in total. The van der Waals surface area contributed by atoms with Crippen molar-refractivity contribution in [1.29, 1.82) is 0 Å². The van der Waals surface area contributed by atoms with Crippen LogP contribution in [0.3, 0.4) is 0 Å². The lowest BCUT2D eigenvalue weighted by Gasteiger charge is -2.27. The smallest absolute Gasteiger partial charge is 0.344 e. The van der Waals surface area contributed by atoms with Crippen LogP contribution in [0.2, 0.25) is 0 Å². The zero-order valence-electron chi connectivity index (χ0n) is 16.6. The molecule has 1 unspecified atom stereocenters. The van der Waals surface area contributed by atoms with Crippen LogP contribution in [0.4, 0.5) is 0 Å². The number of aryl methyl sites for hydroxylation is 1. The van der Waals surface area contributed by atoms with Gasteiger partial charge in [-0.15, -0.1) is 0 Å². The fourth-order valence-corrected chi connectivity index (χ4v) is 3.65. The summed E-state index contributed by atoms with van der Waals surface area (Å²) in [6.07, 6.45) is -1.13. The Morgan fingerprint density at radius 3 is 2.45 bits per heavy atom. The third kappa shape index (κ3) is 3.20. The standard InChI is InChI=1S/C24H16O7/c1-12-7-8-20-17(9-12)21-18(24(30-20)28-13(2)25)11-16(23(27)31-21)15-10-14-5-3-4-6-19(14)29-22(15)26/h3-11,24H,1-2H3. The molecule has 7 heteroatoms. The topological polar surface area (TPSA) is 96.0 Å². The molecule has 5 rings (SSSR count). The summed E-state index contributed by atoms with van der Waals surface area (Å²) in [5.41, 5.74) is 0.885. The van der Waals surface area contributed by atoms with E-state index in [0.29, 0.717) is 27.8 Å². The monoisotopic (exact) mass is 416 g/mol. The van der Waals surface area contributed by atoms with Crippen LogP contribution in [0.5, 0.6) is 5.75 Å². The molecular weight excluding hydrogens is 400 g/mol. The number of rotatable bonds is 2. The molecule has 0 radical (unpaired) electrons. The van der Waals surface area contributed by atoms with E-state index in [1.54, 1.807) is 36.4 Å². The largest absolute Gasteiger partial charge is 0.450 e. The number of esters is 1. The van der Waals surface area contributed by atoms with Gasteiger partial charge >= 0.3 is 17.2 Å². The molecule has 0 bridgehead atoms. The summed E-state index contributed by atoms with van der Waals surface area (Å²) in [7, 11) is 0. The Bertz CT molecular complexity index is 1480. The molecule has 1 aliphatic rings. The maximum Gasteiger partial charge on any atom is 0.344 e. The highest BCUT2D eigenvalue weighted by Crippen LogP contribution is 2.43. The lowest BCUT2D eigenvalue weighted by atomic mass is 9.98. The maximum atomic E-state index is 12.9. The zero-order valence-corrected chi connectivity index (χ0v) is 16.6. The highest BCUT2D eigenvalue weighted by molar-refractivity contribution is 5.82. The molecule has 2 aromatic carbocycles. The van der Waals surface area contributed by atoms with Crippen LogP contribution in [-0.4, -0.2) is 5.97 Å². The average molecular weight is 416 g/mol. The van der Waals surface area contributed by atoms with Crippen molar-refractivity contribution in [2.24, 2.45) is 0 Å². The molecule has 3 heterocycles. The van der Waals surface area contributed by atoms with Gasteiger partial charge in [0.1, 0.15) is 11.3 Å². The summed E-state index contributed by atoms with van der Waals surface area (Å²) < 4.78 is 22.2.